The van der Waals surface area contributed by atoms with Crippen LogP contribution in [0.3, 0.4) is 0 Å². The molecule has 0 radical (unpaired) electrons. The number of nitrogens with one attached hydrogen (secondary N) is 1. The Hall–Kier alpha value is -2.69. The number of fused-ring (bicyclic) bond motifs is 2. The van der Waals surface area contributed by atoms with Gasteiger partial charge in [0, 0.05) is 26.6 Å². The first-order valence-corrected chi connectivity index (χ1v) is 11.5. The van der Waals surface area contributed by atoms with Gasteiger partial charge in [0.1, 0.15) is 30.3 Å². The number of rotatable bonds is 0. The van der Waals surface area contributed by atoms with Crippen LogP contribution in [0.1, 0.15) is 47.0 Å². The topological polar surface area (TPSA) is 137 Å². The van der Waals surface area contributed by atoms with Crippen LogP contribution in [0.25, 0.3) is 0 Å². The van der Waals surface area contributed by atoms with Gasteiger partial charge in [-0.1, -0.05) is 6.92 Å². The lowest BCUT2D eigenvalue weighted by Gasteiger charge is -2.33. The Morgan fingerprint density at radius 1 is 0.909 bits per heavy atom. The van der Waals surface area contributed by atoms with E-state index in [2.05, 4.69) is 5.32 Å². The summed E-state index contributed by atoms with van der Waals surface area (Å²) in [6.45, 7) is 6.93. The van der Waals surface area contributed by atoms with Crippen LogP contribution in [-0.2, 0) is 28.7 Å². The van der Waals surface area contributed by atoms with Crippen LogP contribution < -0.4 is 5.32 Å². The van der Waals surface area contributed by atoms with Crippen LogP contribution in [0.5, 0.6) is 0 Å². The van der Waals surface area contributed by atoms with Crippen LogP contribution in [0.15, 0.2) is 0 Å². The Balaban J connectivity index is 1.91. The lowest BCUT2D eigenvalue weighted by Crippen LogP contribution is -2.57. The Bertz CT molecular complexity index is 834. The highest BCUT2D eigenvalue weighted by molar-refractivity contribution is 5.95. The quantitative estimate of drug-likeness (QED) is 0.431. The van der Waals surface area contributed by atoms with Crippen LogP contribution in [0.4, 0.5) is 0 Å². The van der Waals surface area contributed by atoms with E-state index in [0.29, 0.717) is 13.0 Å². The van der Waals surface area contributed by atoms with Gasteiger partial charge < -0.3 is 29.9 Å². The molecule has 184 valence electrons. The molecule has 3 fully saturated rings. The maximum atomic E-state index is 13.1. The first-order chi connectivity index (χ1) is 15.4. The number of hydrogen-bond donors (Lipinski definition) is 2. The highest BCUT2D eigenvalue weighted by Crippen LogP contribution is 2.26. The van der Waals surface area contributed by atoms with Crippen molar-refractivity contribution in [3.8, 4) is 0 Å². The second-order valence-electron chi connectivity index (χ2n) is 9.61. The van der Waals surface area contributed by atoms with E-state index in [9.17, 15) is 29.1 Å². The van der Waals surface area contributed by atoms with Crippen molar-refractivity contribution in [1.29, 1.82) is 0 Å². The summed E-state index contributed by atoms with van der Waals surface area (Å²) < 4.78 is 5.50. The van der Waals surface area contributed by atoms with Gasteiger partial charge in [0.15, 0.2) is 0 Å². The molecule has 3 aliphatic heterocycles. The monoisotopic (exact) mass is 466 g/mol. The van der Waals surface area contributed by atoms with Crippen molar-refractivity contribution in [1.82, 2.24) is 20.0 Å². The zero-order valence-electron chi connectivity index (χ0n) is 19.8. The van der Waals surface area contributed by atoms with Crippen LogP contribution in [0.2, 0.25) is 0 Å². The maximum Gasteiger partial charge on any atom is 0.329 e. The maximum absolute atomic E-state index is 13.1. The highest BCUT2D eigenvalue weighted by atomic mass is 16.5. The molecule has 4 amide bonds. The summed E-state index contributed by atoms with van der Waals surface area (Å²) in [6, 6.07) is -3.53. The predicted molar refractivity (Wildman–Crippen MR) is 115 cm³/mol. The molecule has 0 aromatic heterocycles. The van der Waals surface area contributed by atoms with Gasteiger partial charge in [-0.25, -0.2) is 4.79 Å². The summed E-state index contributed by atoms with van der Waals surface area (Å²) in [6.07, 6.45) is -1.31. The second kappa shape index (κ2) is 9.66. The molecular formula is C22H34N4O7. The zero-order valence-corrected chi connectivity index (χ0v) is 19.8. The Kier molecular flexibility index (Phi) is 7.30. The SMILES string of the molecule is C[C@H]1C[C@H]2C(=O)O[C@@H](C)CC(=O)N3C[C@H](O)C[C@H]3C(=O)N(C)[C@@H](C)C(=O)N[C@@H](C)C(=O)N2C1. The van der Waals surface area contributed by atoms with Gasteiger partial charge in [0.25, 0.3) is 0 Å². The summed E-state index contributed by atoms with van der Waals surface area (Å²) in [7, 11) is 1.46. The van der Waals surface area contributed by atoms with Crippen molar-refractivity contribution < 1.29 is 33.8 Å². The molecule has 3 aliphatic rings. The van der Waals surface area contributed by atoms with E-state index in [0.717, 1.165) is 0 Å². The largest absolute Gasteiger partial charge is 0.461 e. The van der Waals surface area contributed by atoms with Crippen molar-refractivity contribution in [3.63, 3.8) is 0 Å². The molecule has 0 aliphatic carbocycles. The third-order valence-electron chi connectivity index (χ3n) is 6.77. The van der Waals surface area contributed by atoms with Gasteiger partial charge in [0.2, 0.25) is 23.6 Å². The molecule has 3 rings (SSSR count). The van der Waals surface area contributed by atoms with E-state index in [1.54, 1.807) is 13.8 Å². The van der Waals surface area contributed by atoms with Gasteiger partial charge in [-0.15, -0.1) is 0 Å². The number of carbonyl (C=O) groups is 5. The average Bonchev–Trinajstić information content (AvgIpc) is 3.33. The lowest BCUT2D eigenvalue weighted by atomic mass is 10.1. The molecular weight excluding hydrogens is 432 g/mol. The molecule has 11 heteroatoms. The molecule has 2 N–H and O–H groups in total. The van der Waals surface area contributed by atoms with Crippen LogP contribution in [-0.4, -0.2) is 106 Å². The van der Waals surface area contributed by atoms with E-state index < -0.39 is 66.0 Å². The molecule has 0 saturated carbocycles. The fraction of sp³-hybridized carbons (Fsp3) is 0.773. The summed E-state index contributed by atoms with van der Waals surface area (Å²) in [5.74, 6) is -2.37. The third-order valence-corrected chi connectivity index (χ3v) is 6.77. The summed E-state index contributed by atoms with van der Waals surface area (Å²) in [4.78, 5) is 68.7. The number of amides is 4. The van der Waals surface area contributed by atoms with Crippen LogP contribution >= 0.6 is 0 Å². The zero-order chi connectivity index (χ0) is 24.6. The van der Waals surface area contributed by atoms with Crippen molar-refractivity contribution in [2.24, 2.45) is 5.92 Å². The van der Waals surface area contributed by atoms with Gasteiger partial charge >= 0.3 is 5.97 Å². The van der Waals surface area contributed by atoms with Crippen molar-refractivity contribution in [2.75, 3.05) is 20.1 Å². The lowest BCUT2D eigenvalue weighted by molar-refractivity contribution is -0.160. The van der Waals surface area contributed by atoms with E-state index >= 15 is 0 Å². The number of nitrogens with zero attached hydrogens (tertiary/aromatic N) is 3. The van der Waals surface area contributed by atoms with Gasteiger partial charge in [-0.3, -0.25) is 19.2 Å². The van der Waals surface area contributed by atoms with Gasteiger partial charge in [-0.2, -0.15) is 0 Å². The van der Waals surface area contributed by atoms with E-state index in [1.807, 2.05) is 6.92 Å². The molecule has 0 unspecified atom stereocenters. The van der Waals surface area contributed by atoms with Crippen molar-refractivity contribution >= 4 is 29.6 Å². The normalized spacial score (nSPS) is 37.1. The van der Waals surface area contributed by atoms with E-state index in [4.69, 9.17) is 4.74 Å². The minimum atomic E-state index is -0.922. The molecule has 7 atom stereocenters. The number of aliphatic hydroxyl groups excluding tert-OH is 1. The smallest absolute Gasteiger partial charge is 0.329 e. The van der Waals surface area contributed by atoms with E-state index in [1.165, 1.54) is 28.7 Å². The molecule has 0 spiro atoms. The third kappa shape index (κ3) is 5.13. The molecule has 3 saturated heterocycles. The molecule has 0 aromatic carbocycles. The number of hydrogen-bond acceptors (Lipinski definition) is 7. The minimum Gasteiger partial charge on any atom is -0.461 e. The van der Waals surface area contributed by atoms with E-state index in [-0.39, 0.29) is 25.3 Å². The number of esters is 1. The molecule has 33 heavy (non-hydrogen) atoms. The summed E-state index contributed by atoms with van der Waals surface area (Å²) in [5.41, 5.74) is 0. The molecule has 0 aromatic rings. The first kappa shape index (κ1) is 24.9. The standard InChI is InChI=1S/C22H34N4O7/c1-11-6-17-22(32)33-12(2)7-18(28)25-10-15(27)8-16(25)21(31)24(5)14(4)19(29)23-13(3)20(30)26(17)9-11/h11-17,27H,6-10H2,1-5H3,(H,23,29)/t11-,12-,13-,14-,15+,16-,17-/m0/s1. The number of ether oxygens (including phenoxy) is 1. The predicted octanol–water partition coefficient (Wildman–Crippen LogP) is -1.13. The number of aliphatic hydroxyl groups is 1. The Morgan fingerprint density at radius 3 is 2.24 bits per heavy atom. The van der Waals surface area contributed by atoms with Crippen LogP contribution in [0, 0.1) is 5.92 Å². The summed E-state index contributed by atoms with van der Waals surface area (Å²) >= 11 is 0. The number of cyclic esters (lactones) is 1. The highest BCUT2D eigenvalue weighted by Gasteiger charge is 2.44. The number of carbonyl (C=O) groups excluding carboxylic acids is 5. The Morgan fingerprint density at radius 2 is 1.58 bits per heavy atom. The molecule has 11 nitrogen and oxygen atoms in total. The summed E-state index contributed by atoms with van der Waals surface area (Å²) in [5, 5.41) is 12.8. The van der Waals surface area contributed by atoms with Gasteiger partial charge in [-0.05, 0) is 33.1 Å². The van der Waals surface area contributed by atoms with Gasteiger partial charge in [0.05, 0.1) is 12.5 Å². The second-order valence-corrected chi connectivity index (χ2v) is 9.61. The average molecular weight is 467 g/mol. The van der Waals surface area contributed by atoms with Crippen molar-refractivity contribution in [2.45, 2.75) is 83.3 Å². The molecule has 3 heterocycles. The Labute approximate surface area is 193 Å². The minimum absolute atomic E-state index is 0.0101. The fourth-order valence-corrected chi connectivity index (χ4v) is 4.76. The number of likely N-dealkylation sites (N-methyl/N-ethyl adjacent to an activating group) is 1. The fourth-order valence-electron chi connectivity index (χ4n) is 4.76. The molecule has 0 bridgehead atoms. The van der Waals surface area contributed by atoms with Crippen molar-refractivity contribution in [3.05, 3.63) is 0 Å². The first-order valence-electron chi connectivity index (χ1n) is 11.5.